The molecule has 36 heavy (non-hydrogen) atoms. The quantitative estimate of drug-likeness (QED) is 0.229. The van der Waals surface area contributed by atoms with Crippen LogP contribution in [0.3, 0.4) is 0 Å². The summed E-state index contributed by atoms with van der Waals surface area (Å²) in [5, 5.41) is 13.0. The summed E-state index contributed by atoms with van der Waals surface area (Å²) in [6, 6.07) is 12.1. The molecule has 1 aromatic heterocycles. The Morgan fingerprint density at radius 3 is 2.56 bits per heavy atom. The standard InChI is InChI=1S/C27H35Cl2N5O2/c1-32(16-17-35)21-10-7-20(8-11-21)9-12-27-33(2)24-18-22(28)23(29)19-25(24)34(27)15-5-3-4-6-26(36)31-14-13-30/h7-12,18-19,35H,3-6,13-17,30H2,1-2H3/p+1. The molecule has 0 saturated carbocycles. The molecule has 194 valence electrons. The Hall–Kier alpha value is -2.58. The molecule has 7 nitrogen and oxygen atoms in total. The second-order valence-corrected chi connectivity index (χ2v) is 9.66. The molecule has 0 atom stereocenters. The van der Waals surface area contributed by atoms with Crippen molar-refractivity contribution in [3.05, 3.63) is 57.8 Å². The number of imidazole rings is 1. The lowest BCUT2D eigenvalue weighted by Crippen LogP contribution is -2.31. The molecular formula is C27H36Cl2N5O2+. The molecular weight excluding hydrogens is 497 g/mol. The number of anilines is 1. The van der Waals surface area contributed by atoms with Crippen LogP contribution in [0.5, 0.6) is 0 Å². The zero-order valence-corrected chi connectivity index (χ0v) is 22.5. The maximum absolute atomic E-state index is 11.8. The number of nitrogens with one attached hydrogen (secondary N) is 1. The van der Waals surface area contributed by atoms with E-state index >= 15 is 0 Å². The first-order valence-electron chi connectivity index (χ1n) is 12.3. The number of nitrogens with zero attached hydrogens (tertiary/aromatic N) is 3. The van der Waals surface area contributed by atoms with Crippen molar-refractivity contribution in [2.24, 2.45) is 12.8 Å². The third kappa shape index (κ3) is 7.23. The molecule has 1 heterocycles. The topological polar surface area (TPSA) is 87.4 Å². The number of hydrogen-bond acceptors (Lipinski definition) is 4. The Balaban J connectivity index is 1.79. The van der Waals surface area contributed by atoms with Crippen LogP contribution in [0.25, 0.3) is 23.2 Å². The summed E-state index contributed by atoms with van der Waals surface area (Å²) in [5.74, 6) is 1.09. The van der Waals surface area contributed by atoms with Gasteiger partial charge in [0, 0.05) is 57.0 Å². The van der Waals surface area contributed by atoms with Crippen LogP contribution >= 0.6 is 23.2 Å². The zero-order chi connectivity index (χ0) is 26.1. The molecule has 4 N–H and O–H groups in total. The highest BCUT2D eigenvalue weighted by Crippen LogP contribution is 2.28. The first kappa shape index (κ1) is 28.0. The lowest BCUT2D eigenvalue weighted by Gasteiger charge is -2.17. The summed E-state index contributed by atoms with van der Waals surface area (Å²) < 4.78 is 4.38. The number of likely N-dealkylation sites (N-methyl/N-ethyl adjacent to an activating group) is 1. The summed E-state index contributed by atoms with van der Waals surface area (Å²) in [7, 11) is 3.99. The van der Waals surface area contributed by atoms with Gasteiger partial charge in [0.25, 0.3) is 5.82 Å². The number of aryl methyl sites for hydroxylation is 2. The Morgan fingerprint density at radius 2 is 1.86 bits per heavy atom. The molecule has 0 aliphatic rings. The fourth-order valence-electron chi connectivity index (χ4n) is 4.20. The van der Waals surface area contributed by atoms with Gasteiger partial charge in [0.15, 0.2) is 11.0 Å². The van der Waals surface area contributed by atoms with Crippen molar-refractivity contribution in [2.45, 2.75) is 32.2 Å². The molecule has 0 unspecified atom stereocenters. The molecule has 0 spiro atoms. The number of aliphatic hydroxyl groups is 1. The first-order valence-corrected chi connectivity index (χ1v) is 13.1. The number of aromatic nitrogens is 2. The van der Waals surface area contributed by atoms with Crippen LogP contribution in [-0.2, 0) is 18.4 Å². The summed E-state index contributed by atoms with van der Waals surface area (Å²) in [6.07, 6.45) is 7.40. The Kier molecular flexibility index (Phi) is 10.6. The van der Waals surface area contributed by atoms with Crippen molar-refractivity contribution in [3.63, 3.8) is 0 Å². The van der Waals surface area contributed by atoms with E-state index in [2.05, 4.69) is 38.7 Å². The summed E-state index contributed by atoms with van der Waals surface area (Å²) in [4.78, 5) is 13.8. The van der Waals surface area contributed by atoms with Crippen LogP contribution in [0.1, 0.15) is 37.1 Å². The molecule has 0 aliphatic heterocycles. The molecule has 0 fully saturated rings. The van der Waals surface area contributed by atoms with Crippen molar-refractivity contribution in [1.29, 1.82) is 0 Å². The lowest BCUT2D eigenvalue weighted by molar-refractivity contribution is -0.647. The van der Waals surface area contributed by atoms with Crippen LogP contribution in [0, 0.1) is 0 Å². The van der Waals surface area contributed by atoms with E-state index in [1.165, 1.54) is 0 Å². The van der Waals surface area contributed by atoms with Crippen molar-refractivity contribution in [2.75, 3.05) is 38.2 Å². The number of rotatable bonds is 13. The first-order chi connectivity index (χ1) is 17.3. The number of amides is 1. The second-order valence-electron chi connectivity index (χ2n) is 8.84. The fourth-order valence-corrected chi connectivity index (χ4v) is 4.51. The number of fused-ring (bicyclic) bond motifs is 1. The molecule has 2 aromatic carbocycles. The minimum absolute atomic E-state index is 0.0527. The molecule has 0 radical (unpaired) electrons. The van der Waals surface area contributed by atoms with Crippen LogP contribution in [0.15, 0.2) is 36.4 Å². The van der Waals surface area contributed by atoms with Gasteiger partial charge < -0.3 is 21.1 Å². The van der Waals surface area contributed by atoms with E-state index in [9.17, 15) is 4.79 Å². The number of hydrogen-bond donors (Lipinski definition) is 3. The van der Waals surface area contributed by atoms with Crippen LogP contribution < -0.4 is 20.5 Å². The van der Waals surface area contributed by atoms with Gasteiger partial charge in [-0.1, -0.05) is 35.3 Å². The SMILES string of the molecule is CN(CCO)c1ccc(/C=C/c2n(CCCCCC(=O)NCCN)c3cc(Cl)c(Cl)cc3[n+]2C)cc1. The van der Waals surface area contributed by atoms with E-state index in [0.29, 0.717) is 36.1 Å². The Bertz CT molecular complexity index is 1190. The monoisotopic (exact) mass is 532 g/mol. The molecule has 0 bridgehead atoms. The molecule has 1 amide bonds. The predicted molar refractivity (Wildman–Crippen MR) is 149 cm³/mol. The third-order valence-electron chi connectivity index (χ3n) is 6.24. The third-order valence-corrected chi connectivity index (χ3v) is 6.96. The van der Waals surface area contributed by atoms with Gasteiger partial charge in [-0.15, -0.1) is 0 Å². The highest BCUT2D eigenvalue weighted by molar-refractivity contribution is 6.42. The predicted octanol–water partition coefficient (Wildman–Crippen LogP) is 4.01. The average Bonchev–Trinajstić information content (AvgIpc) is 3.11. The second kappa shape index (κ2) is 13.7. The lowest BCUT2D eigenvalue weighted by atomic mass is 10.1. The average molecular weight is 534 g/mol. The van der Waals surface area contributed by atoms with Gasteiger partial charge >= 0.3 is 0 Å². The number of unbranched alkanes of at least 4 members (excludes halogenated alkanes) is 2. The van der Waals surface area contributed by atoms with E-state index in [0.717, 1.165) is 53.9 Å². The number of carbonyl (C=O) groups excluding carboxylic acids is 1. The molecule has 0 aliphatic carbocycles. The van der Waals surface area contributed by atoms with Crippen molar-refractivity contribution < 1.29 is 14.5 Å². The number of halogens is 2. The molecule has 0 saturated heterocycles. The summed E-state index contributed by atoms with van der Waals surface area (Å²) >= 11 is 12.7. The van der Waals surface area contributed by atoms with Gasteiger partial charge in [0.1, 0.15) is 0 Å². The smallest absolute Gasteiger partial charge is 0.282 e. The Labute approximate surface area is 223 Å². The van der Waals surface area contributed by atoms with E-state index < -0.39 is 0 Å². The Morgan fingerprint density at radius 1 is 1.14 bits per heavy atom. The van der Waals surface area contributed by atoms with Gasteiger partial charge in [-0.3, -0.25) is 4.79 Å². The van der Waals surface area contributed by atoms with Gasteiger partial charge in [-0.25, -0.2) is 9.13 Å². The van der Waals surface area contributed by atoms with E-state index in [1.54, 1.807) is 0 Å². The van der Waals surface area contributed by atoms with Gasteiger partial charge in [0.2, 0.25) is 5.91 Å². The summed E-state index contributed by atoms with van der Waals surface area (Å²) in [6.45, 7) is 2.48. The van der Waals surface area contributed by atoms with E-state index in [4.69, 9.17) is 34.0 Å². The van der Waals surface area contributed by atoms with Crippen molar-refractivity contribution in [1.82, 2.24) is 9.88 Å². The van der Waals surface area contributed by atoms with Gasteiger partial charge in [0.05, 0.1) is 30.2 Å². The maximum Gasteiger partial charge on any atom is 0.282 e. The number of nitrogens with two attached hydrogens (primary N) is 1. The number of aliphatic hydroxyl groups excluding tert-OH is 1. The van der Waals surface area contributed by atoms with Crippen LogP contribution in [-0.4, -0.2) is 48.9 Å². The van der Waals surface area contributed by atoms with Crippen molar-refractivity contribution >= 4 is 58.0 Å². The highest BCUT2D eigenvalue weighted by atomic mass is 35.5. The minimum atomic E-state index is 0.0527. The van der Waals surface area contributed by atoms with Gasteiger partial charge in [-0.05, 0) is 43.0 Å². The van der Waals surface area contributed by atoms with Crippen molar-refractivity contribution in [3.8, 4) is 0 Å². The number of benzene rings is 2. The maximum atomic E-state index is 11.8. The van der Waals surface area contributed by atoms with E-state index in [1.807, 2.05) is 43.3 Å². The van der Waals surface area contributed by atoms with Crippen LogP contribution in [0.2, 0.25) is 10.0 Å². The minimum Gasteiger partial charge on any atom is -0.395 e. The van der Waals surface area contributed by atoms with E-state index in [-0.39, 0.29) is 12.5 Å². The molecule has 3 rings (SSSR count). The van der Waals surface area contributed by atoms with Gasteiger partial charge in [-0.2, -0.15) is 0 Å². The largest absolute Gasteiger partial charge is 0.395 e. The van der Waals surface area contributed by atoms with Crippen LogP contribution in [0.4, 0.5) is 5.69 Å². The molecule has 9 heteroatoms. The highest BCUT2D eigenvalue weighted by Gasteiger charge is 2.22. The normalized spacial score (nSPS) is 11.5. The molecule has 3 aromatic rings. The summed E-state index contributed by atoms with van der Waals surface area (Å²) in [5.41, 5.74) is 9.60. The zero-order valence-electron chi connectivity index (χ0n) is 21.0. The number of carbonyl (C=O) groups is 1. The fraction of sp³-hybridized carbons (Fsp3) is 0.407.